The van der Waals surface area contributed by atoms with Gasteiger partial charge in [0.25, 0.3) is 0 Å². The largest absolute Gasteiger partial charge is 0.463 e. The Kier molecular flexibility index (Phi) is 9.81. The van der Waals surface area contributed by atoms with Crippen LogP contribution in [0.25, 0.3) is 0 Å². The summed E-state index contributed by atoms with van der Waals surface area (Å²) >= 11 is 1.29. The fourth-order valence-electron chi connectivity index (χ4n) is 0.932. The van der Waals surface area contributed by atoms with Crippen molar-refractivity contribution in [1.29, 1.82) is 0 Å². The smallest absolute Gasteiger partial charge is 0.330 e. The van der Waals surface area contributed by atoms with Crippen molar-refractivity contribution in [3.63, 3.8) is 0 Å². The highest BCUT2D eigenvalue weighted by Gasteiger charge is 1.93. The van der Waals surface area contributed by atoms with Crippen molar-refractivity contribution in [2.45, 2.75) is 26.7 Å². The van der Waals surface area contributed by atoms with E-state index in [1.807, 2.05) is 13.0 Å². The first-order chi connectivity index (χ1) is 7.70. The van der Waals surface area contributed by atoms with Gasteiger partial charge in [-0.1, -0.05) is 30.8 Å². The molecule has 0 aromatic rings. The maximum absolute atomic E-state index is 11.1. The van der Waals surface area contributed by atoms with Crippen LogP contribution in [0, 0.1) is 0 Å². The molecule has 0 radical (unpaired) electrons. The minimum Gasteiger partial charge on any atom is -0.463 e. The van der Waals surface area contributed by atoms with Crippen molar-refractivity contribution in [3.05, 3.63) is 24.3 Å². The number of rotatable bonds is 7. The number of allylic oxidation sites excluding steroid dienone is 2. The van der Waals surface area contributed by atoms with E-state index in [1.54, 1.807) is 19.1 Å². The zero-order valence-electron chi connectivity index (χ0n) is 9.77. The fraction of sp³-hybridized carbons (Fsp3) is 0.500. The first-order valence-electron chi connectivity index (χ1n) is 5.37. The summed E-state index contributed by atoms with van der Waals surface area (Å²) in [5, 5.41) is 0.0804. The Labute approximate surface area is 101 Å². The second-order valence-electron chi connectivity index (χ2n) is 2.89. The number of carbonyl (C=O) groups is 2. The van der Waals surface area contributed by atoms with E-state index in [4.69, 9.17) is 4.74 Å². The topological polar surface area (TPSA) is 43.4 Å². The van der Waals surface area contributed by atoms with E-state index in [2.05, 4.69) is 0 Å². The second kappa shape index (κ2) is 10.5. The normalized spacial score (nSPS) is 11.1. The van der Waals surface area contributed by atoms with Crippen LogP contribution in [-0.4, -0.2) is 23.4 Å². The molecule has 0 aromatic carbocycles. The number of thioether (sulfide) groups is 1. The van der Waals surface area contributed by atoms with Crippen LogP contribution in [0.4, 0.5) is 0 Å². The highest BCUT2D eigenvalue weighted by molar-refractivity contribution is 8.14. The van der Waals surface area contributed by atoms with Gasteiger partial charge in [-0.3, -0.25) is 4.79 Å². The fourth-order valence-corrected chi connectivity index (χ4v) is 1.41. The van der Waals surface area contributed by atoms with Gasteiger partial charge in [-0.15, -0.1) is 0 Å². The molecular formula is C12H18O3S. The Balaban J connectivity index is 3.59. The summed E-state index contributed by atoms with van der Waals surface area (Å²) in [6, 6.07) is 0. The lowest BCUT2D eigenvalue weighted by Crippen LogP contribution is -1.98. The molecule has 0 aliphatic heterocycles. The van der Waals surface area contributed by atoms with E-state index < -0.39 is 0 Å². The van der Waals surface area contributed by atoms with Crippen LogP contribution < -0.4 is 0 Å². The van der Waals surface area contributed by atoms with Crippen molar-refractivity contribution in [2.75, 3.05) is 12.4 Å². The molecule has 0 aromatic heterocycles. The third-order valence-corrected chi connectivity index (χ3v) is 2.29. The molecule has 0 spiro atoms. The number of ether oxygens (including phenoxy) is 1. The maximum atomic E-state index is 11.1. The molecule has 0 saturated heterocycles. The standard InChI is InChI=1S/C12H18O3S/c1-3-15-11(13)9-7-5-6-8-10-12(14)16-4-2/h7-10H,3-6H2,1-2H3/b9-7+,10-8+. The summed E-state index contributed by atoms with van der Waals surface area (Å²) in [6.45, 7) is 4.11. The number of hydrogen-bond acceptors (Lipinski definition) is 4. The molecule has 0 heterocycles. The summed E-state index contributed by atoms with van der Waals surface area (Å²) in [5.41, 5.74) is 0. The van der Waals surface area contributed by atoms with Crippen LogP contribution in [0.5, 0.6) is 0 Å². The molecule has 0 saturated carbocycles. The maximum Gasteiger partial charge on any atom is 0.330 e. The third kappa shape index (κ3) is 9.52. The Morgan fingerprint density at radius 2 is 1.75 bits per heavy atom. The van der Waals surface area contributed by atoms with Crippen molar-refractivity contribution < 1.29 is 14.3 Å². The molecule has 0 N–H and O–H groups in total. The number of carbonyl (C=O) groups excluding carboxylic acids is 2. The van der Waals surface area contributed by atoms with Gasteiger partial charge >= 0.3 is 5.97 Å². The predicted molar refractivity (Wildman–Crippen MR) is 67.3 cm³/mol. The van der Waals surface area contributed by atoms with Crippen LogP contribution in [0.1, 0.15) is 26.7 Å². The van der Waals surface area contributed by atoms with E-state index in [1.165, 1.54) is 17.8 Å². The molecule has 0 atom stereocenters. The Morgan fingerprint density at radius 1 is 1.12 bits per heavy atom. The Hall–Kier alpha value is -1.03. The van der Waals surface area contributed by atoms with Gasteiger partial charge in [-0.05, 0) is 31.6 Å². The molecule has 0 aliphatic carbocycles. The quantitative estimate of drug-likeness (QED) is 0.391. The lowest BCUT2D eigenvalue weighted by atomic mass is 10.3. The summed E-state index contributed by atoms with van der Waals surface area (Å²) in [5.74, 6) is 0.482. The number of esters is 1. The molecule has 16 heavy (non-hydrogen) atoms. The van der Waals surface area contributed by atoms with Gasteiger partial charge in [0.1, 0.15) is 0 Å². The first kappa shape index (κ1) is 15.0. The highest BCUT2D eigenvalue weighted by atomic mass is 32.2. The van der Waals surface area contributed by atoms with Crippen LogP contribution in [0.15, 0.2) is 24.3 Å². The summed E-state index contributed by atoms with van der Waals surface area (Å²) in [4.78, 5) is 21.9. The number of hydrogen-bond donors (Lipinski definition) is 0. The molecular weight excluding hydrogens is 224 g/mol. The minimum absolute atomic E-state index is 0.0804. The average Bonchev–Trinajstić information content (AvgIpc) is 2.24. The molecule has 0 aliphatic rings. The molecule has 0 fully saturated rings. The first-order valence-corrected chi connectivity index (χ1v) is 6.35. The number of unbranched alkanes of at least 4 members (excludes halogenated alkanes) is 1. The Bertz CT molecular complexity index is 241. The average molecular weight is 242 g/mol. The third-order valence-electron chi connectivity index (χ3n) is 1.58. The van der Waals surface area contributed by atoms with Gasteiger partial charge < -0.3 is 4.74 Å². The van der Waals surface area contributed by atoms with Gasteiger partial charge in [0.05, 0.1) is 6.61 Å². The summed E-state index contributed by atoms with van der Waals surface area (Å²) in [6.07, 6.45) is 8.05. The Morgan fingerprint density at radius 3 is 2.31 bits per heavy atom. The van der Waals surface area contributed by atoms with Crippen LogP contribution >= 0.6 is 11.8 Å². The molecule has 90 valence electrons. The van der Waals surface area contributed by atoms with E-state index in [-0.39, 0.29) is 11.1 Å². The molecule has 4 heteroatoms. The van der Waals surface area contributed by atoms with E-state index in [9.17, 15) is 9.59 Å². The minimum atomic E-state index is -0.316. The molecule has 3 nitrogen and oxygen atoms in total. The predicted octanol–water partition coefficient (Wildman–Crippen LogP) is 2.72. The monoisotopic (exact) mass is 242 g/mol. The van der Waals surface area contributed by atoms with Crippen LogP contribution in [0.3, 0.4) is 0 Å². The summed E-state index contributed by atoms with van der Waals surface area (Å²) in [7, 11) is 0. The lowest BCUT2D eigenvalue weighted by molar-refractivity contribution is -0.137. The zero-order valence-corrected chi connectivity index (χ0v) is 10.6. The van der Waals surface area contributed by atoms with Crippen LogP contribution in [-0.2, 0) is 14.3 Å². The van der Waals surface area contributed by atoms with Gasteiger partial charge in [0, 0.05) is 6.08 Å². The van der Waals surface area contributed by atoms with Crippen molar-refractivity contribution in [1.82, 2.24) is 0 Å². The molecule has 0 amide bonds. The zero-order chi connectivity index (χ0) is 12.2. The van der Waals surface area contributed by atoms with Crippen LogP contribution in [0.2, 0.25) is 0 Å². The van der Waals surface area contributed by atoms with E-state index >= 15 is 0 Å². The lowest BCUT2D eigenvalue weighted by Gasteiger charge is -1.93. The van der Waals surface area contributed by atoms with Gasteiger partial charge in [0.15, 0.2) is 0 Å². The highest BCUT2D eigenvalue weighted by Crippen LogP contribution is 2.02. The van der Waals surface area contributed by atoms with Gasteiger partial charge in [0.2, 0.25) is 5.12 Å². The molecule has 0 bridgehead atoms. The second-order valence-corrected chi connectivity index (χ2v) is 4.15. The van der Waals surface area contributed by atoms with E-state index in [0.29, 0.717) is 6.61 Å². The van der Waals surface area contributed by atoms with Gasteiger partial charge in [-0.25, -0.2) is 4.79 Å². The SMILES string of the molecule is CCOC(=O)/C=C/CC/C=C/C(=O)SCC. The molecule has 0 rings (SSSR count). The summed E-state index contributed by atoms with van der Waals surface area (Å²) < 4.78 is 4.72. The van der Waals surface area contributed by atoms with Crippen molar-refractivity contribution in [2.24, 2.45) is 0 Å². The molecule has 0 unspecified atom stereocenters. The van der Waals surface area contributed by atoms with Crippen molar-refractivity contribution >= 4 is 22.8 Å². The van der Waals surface area contributed by atoms with Crippen molar-refractivity contribution in [3.8, 4) is 0 Å². The van der Waals surface area contributed by atoms with Gasteiger partial charge in [-0.2, -0.15) is 0 Å². The van der Waals surface area contributed by atoms with E-state index in [0.717, 1.165) is 18.6 Å².